The van der Waals surface area contributed by atoms with Gasteiger partial charge < -0.3 is 9.30 Å². The lowest BCUT2D eigenvalue weighted by atomic mass is 10.1. The maximum atomic E-state index is 11.8. The number of allylic oxidation sites excluding steroid dienone is 2. The highest BCUT2D eigenvalue weighted by Gasteiger charge is 2.15. The number of aryl methyl sites for hydroxylation is 1. The van der Waals surface area contributed by atoms with E-state index < -0.39 is 0 Å². The van der Waals surface area contributed by atoms with Gasteiger partial charge >= 0.3 is 5.97 Å². The molecular formula is C19H15NO2. The Morgan fingerprint density at radius 1 is 1.18 bits per heavy atom. The van der Waals surface area contributed by atoms with Crippen molar-refractivity contribution in [2.75, 3.05) is 7.11 Å². The lowest BCUT2D eigenvalue weighted by Crippen LogP contribution is -2.00. The fourth-order valence-corrected chi connectivity index (χ4v) is 2.52. The average Bonchev–Trinajstić information content (AvgIpc) is 2.82. The van der Waals surface area contributed by atoms with Crippen molar-refractivity contribution in [3.63, 3.8) is 0 Å². The number of carbonyl (C=O) groups excluding carboxylic acids is 1. The molecule has 2 aromatic rings. The Morgan fingerprint density at radius 2 is 1.91 bits per heavy atom. The van der Waals surface area contributed by atoms with Crippen LogP contribution in [0.5, 0.6) is 0 Å². The summed E-state index contributed by atoms with van der Waals surface area (Å²) in [7, 11) is 3.35. The van der Waals surface area contributed by atoms with E-state index in [0.29, 0.717) is 12.0 Å². The van der Waals surface area contributed by atoms with Crippen LogP contribution in [0.25, 0.3) is 10.9 Å². The molecular weight excluding hydrogens is 274 g/mol. The Balaban J connectivity index is 2.29. The van der Waals surface area contributed by atoms with Crippen molar-refractivity contribution >= 4 is 16.9 Å². The fourth-order valence-electron chi connectivity index (χ4n) is 2.52. The molecule has 108 valence electrons. The highest BCUT2D eigenvalue weighted by molar-refractivity contribution is 5.98. The summed E-state index contributed by atoms with van der Waals surface area (Å²) in [5.74, 6) is 12.3. The molecule has 0 aliphatic heterocycles. The van der Waals surface area contributed by atoms with Crippen LogP contribution in [-0.4, -0.2) is 17.6 Å². The van der Waals surface area contributed by atoms with Crippen LogP contribution in [0.15, 0.2) is 30.4 Å². The number of carbonyl (C=O) groups is 1. The maximum absolute atomic E-state index is 11.8. The first-order chi connectivity index (χ1) is 10.7. The number of hydrogen-bond acceptors (Lipinski definition) is 2. The number of ether oxygens (including phenoxy) is 1. The quantitative estimate of drug-likeness (QED) is 0.459. The molecule has 0 saturated heterocycles. The van der Waals surface area contributed by atoms with Gasteiger partial charge in [-0.15, -0.1) is 0 Å². The molecule has 0 radical (unpaired) electrons. The van der Waals surface area contributed by atoms with E-state index in [4.69, 9.17) is 4.74 Å². The number of methoxy groups -OCH3 is 1. The molecule has 3 nitrogen and oxygen atoms in total. The molecule has 1 aliphatic rings. The summed E-state index contributed by atoms with van der Waals surface area (Å²) in [6.45, 7) is 0. The molecule has 1 aromatic heterocycles. The Morgan fingerprint density at radius 3 is 2.64 bits per heavy atom. The van der Waals surface area contributed by atoms with Crippen molar-refractivity contribution in [3.05, 3.63) is 47.2 Å². The van der Waals surface area contributed by atoms with Gasteiger partial charge in [0.15, 0.2) is 0 Å². The van der Waals surface area contributed by atoms with Gasteiger partial charge in [-0.2, -0.15) is 0 Å². The van der Waals surface area contributed by atoms with E-state index in [2.05, 4.69) is 23.7 Å². The molecule has 0 N–H and O–H groups in total. The maximum Gasteiger partial charge on any atom is 0.337 e. The van der Waals surface area contributed by atoms with Gasteiger partial charge in [0.1, 0.15) is 5.69 Å². The lowest BCUT2D eigenvalue weighted by molar-refractivity contribution is 0.0601. The first-order valence-electron chi connectivity index (χ1n) is 7.06. The van der Waals surface area contributed by atoms with Crippen LogP contribution in [0.2, 0.25) is 0 Å². The number of fused-ring (bicyclic) bond motifs is 3. The number of esters is 1. The molecule has 0 saturated carbocycles. The monoisotopic (exact) mass is 289 g/mol. The number of nitrogens with zero attached hydrogens (tertiary/aromatic N) is 1. The predicted molar refractivity (Wildman–Crippen MR) is 86.4 cm³/mol. The standard InChI is InChI=1S/C19H15NO2/c1-20-17-10-8-6-4-3-5-7-9-15(17)16-13-14(19(21)22-2)11-12-18(16)20/h3-4,11-13H,5-6H2,1-2H3/b4-3-. The molecule has 0 fully saturated rings. The van der Waals surface area contributed by atoms with Gasteiger partial charge in [-0.25, -0.2) is 4.79 Å². The third-order valence-corrected chi connectivity index (χ3v) is 3.65. The second-order valence-corrected chi connectivity index (χ2v) is 4.99. The lowest BCUT2D eigenvalue weighted by Gasteiger charge is -2.00. The summed E-state index contributed by atoms with van der Waals surface area (Å²) in [5.41, 5.74) is 3.30. The first-order valence-corrected chi connectivity index (χ1v) is 7.06. The minimum atomic E-state index is -0.346. The second kappa shape index (κ2) is 5.84. The number of rotatable bonds is 1. The van der Waals surface area contributed by atoms with Crippen molar-refractivity contribution in [2.45, 2.75) is 12.8 Å². The topological polar surface area (TPSA) is 31.2 Å². The zero-order chi connectivity index (χ0) is 15.5. The number of benzene rings is 1. The van der Waals surface area contributed by atoms with E-state index in [0.717, 1.165) is 28.6 Å². The van der Waals surface area contributed by atoms with Crippen molar-refractivity contribution < 1.29 is 9.53 Å². The van der Waals surface area contributed by atoms with E-state index in [9.17, 15) is 4.79 Å². The molecule has 1 aromatic carbocycles. The second-order valence-electron chi connectivity index (χ2n) is 4.99. The minimum absolute atomic E-state index is 0.346. The van der Waals surface area contributed by atoms with E-state index in [-0.39, 0.29) is 5.97 Å². The summed E-state index contributed by atoms with van der Waals surface area (Å²) >= 11 is 0. The largest absolute Gasteiger partial charge is 0.465 e. The van der Waals surface area contributed by atoms with E-state index in [1.807, 2.05) is 35.9 Å². The van der Waals surface area contributed by atoms with Crippen molar-refractivity contribution in [1.82, 2.24) is 4.57 Å². The van der Waals surface area contributed by atoms with Crippen LogP contribution in [0.3, 0.4) is 0 Å². The van der Waals surface area contributed by atoms with Gasteiger partial charge in [0.2, 0.25) is 0 Å². The summed E-state index contributed by atoms with van der Waals surface area (Å²) in [6.07, 6.45) is 5.48. The predicted octanol–water partition coefficient (Wildman–Crippen LogP) is 3.02. The summed E-state index contributed by atoms with van der Waals surface area (Å²) < 4.78 is 6.82. The van der Waals surface area contributed by atoms with Crippen molar-refractivity contribution in [2.24, 2.45) is 7.05 Å². The van der Waals surface area contributed by atoms with Gasteiger partial charge in [0.25, 0.3) is 0 Å². The molecule has 0 amide bonds. The molecule has 22 heavy (non-hydrogen) atoms. The minimum Gasteiger partial charge on any atom is -0.465 e. The van der Waals surface area contributed by atoms with Crippen LogP contribution in [0, 0.1) is 23.7 Å². The molecule has 1 aliphatic carbocycles. The fraction of sp³-hybridized carbons (Fsp3) is 0.211. The van der Waals surface area contributed by atoms with Crippen LogP contribution in [0.1, 0.15) is 34.5 Å². The first kappa shape index (κ1) is 14.0. The SMILES string of the molecule is COC(=O)c1ccc2c(c1)c1c(n2C)C#CC/C=C\CC#C1. The average molecular weight is 289 g/mol. The van der Waals surface area contributed by atoms with Gasteiger partial charge in [-0.3, -0.25) is 0 Å². The van der Waals surface area contributed by atoms with Gasteiger partial charge in [0.05, 0.1) is 23.8 Å². The zero-order valence-electron chi connectivity index (χ0n) is 12.6. The molecule has 0 unspecified atom stereocenters. The Hall–Kier alpha value is -2.91. The third kappa shape index (κ3) is 2.38. The molecule has 3 rings (SSSR count). The van der Waals surface area contributed by atoms with Crippen LogP contribution >= 0.6 is 0 Å². The zero-order valence-corrected chi connectivity index (χ0v) is 12.6. The van der Waals surface area contributed by atoms with Crippen molar-refractivity contribution in [3.8, 4) is 23.7 Å². The van der Waals surface area contributed by atoms with Gasteiger partial charge in [-0.05, 0) is 24.1 Å². The third-order valence-electron chi connectivity index (χ3n) is 3.65. The van der Waals surface area contributed by atoms with Crippen LogP contribution < -0.4 is 0 Å². The Bertz CT molecular complexity index is 908. The summed E-state index contributed by atoms with van der Waals surface area (Å²) in [6, 6.07) is 5.51. The van der Waals surface area contributed by atoms with E-state index >= 15 is 0 Å². The Kier molecular flexibility index (Phi) is 3.73. The summed E-state index contributed by atoms with van der Waals surface area (Å²) in [4.78, 5) is 11.8. The van der Waals surface area contributed by atoms with Gasteiger partial charge in [0, 0.05) is 25.3 Å². The number of aromatic nitrogens is 1. The highest BCUT2D eigenvalue weighted by Crippen LogP contribution is 2.26. The number of hydrogen-bond donors (Lipinski definition) is 0. The molecule has 0 atom stereocenters. The van der Waals surface area contributed by atoms with Crippen LogP contribution in [0.4, 0.5) is 0 Å². The molecule has 0 bridgehead atoms. The molecule has 1 heterocycles. The van der Waals surface area contributed by atoms with Gasteiger partial charge in [-0.1, -0.05) is 29.9 Å². The van der Waals surface area contributed by atoms with E-state index in [1.54, 1.807) is 6.07 Å². The molecule has 3 heteroatoms. The smallest absolute Gasteiger partial charge is 0.337 e. The normalized spacial score (nSPS) is 14.1. The van der Waals surface area contributed by atoms with Crippen molar-refractivity contribution in [1.29, 1.82) is 0 Å². The van der Waals surface area contributed by atoms with Crippen LogP contribution in [-0.2, 0) is 11.8 Å². The Labute approximate surface area is 129 Å². The summed E-state index contributed by atoms with van der Waals surface area (Å²) in [5, 5.41) is 0.937. The van der Waals surface area contributed by atoms with E-state index in [1.165, 1.54) is 7.11 Å². The molecule has 0 spiro atoms. The highest BCUT2D eigenvalue weighted by atomic mass is 16.5.